The van der Waals surface area contributed by atoms with E-state index >= 15 is 0 Å². The largest absolute Gasteiger partial charge is 0.377 e. The van der Waals surface area contributed by atoms with Crippen LogP contribution in [0.1, 0.15) is 13.3 Å². The van der Waals surface area contributed by atoms with Crippen molar-refractivity contribution in [2.75, 3.05) is 19.8 Å². The smallest absolute Gasteiger partial charge is 0.246 e. The molecule has 0 N–H and O–H groups in total. The molecule has 1 atom stereocenters. The van der Waals surface area contributed by atoms with Gasteiger partial charge >= 0.3 is 0 Å². The van der Waals surface area contributed by atoms with Crippen molar-refractivity contribution < 1.29 is 9.53 Å². The van der Waals surface area contributed by atoms with Crippen molar-refractivity contribution in [3.63, 3.8) is 0 Å². The molecular formula is C9H15NO2. The molecule has 1 aliphatic heterocycles. The first kappa shape index (κ1) is 9.26. The van der Waals surface area contributed by atoms with Gasteiger partial charge in [0.2, 0.25) is 5.91 Å². The Morgan fingerprint density at radius 1 is 1.83 bits per heavy atom. The van der Waals surface area contributed by atoms with Crippen molar-refractivity contribution in [2.24, 2.45) is 0 Å². The first-order chi connectivity index (χ1) is 5.79. The van der Waals surface area contributed by atoms with Gasteiger partial charge in [-0.15, -0.1) is 0 Å². The van der Waals surface area contributed by atoms with Gasteiger partial charge < -0.3 is 9.64 Å². The van der Waals surface area contributed by atoms with Crippen molar-refractivity contribution in [1.29, 1.82) is 0 Å². The summed E-state index contributed by atoms with van der Waals surface area (Å²) < 4.78 is 5.27. The Kier molecular flexibility index (Phi) is 3.29. The minimum atomic E-state index is 0.0187. The van der Waals surface area contributed by atoms with Gasteiger partial charge in [0.1, 0.15) is 0 Å². The maximum Gasteiger partial charge on any atom is 0.246 e. The zero-order valence-electron chi connectivity index (χ0n) is 7.45. The molecule has 3 heteroatoms. The van der Waals surface area contributed by atoms with Crippen LogP contribution in [0.3, 0.4) is 0 Å². The zero-order valence-corrected chi connectivity index (χ0v) is 7.45. The van der Waals surface area contributed by atoms with E-state index in [-0.39, 0.29) is 11.9 Å². The van der Waals surface area contributed by atoms with Gasteiger partial charge in [-0.25, -0.2) is 0 Å². The van der Waals surface area contributed by atoms with E-state index in [4.69, 9.17) is 4.74 Å². The second kappa shape index (κ2) is 4.26. The summed E-state index contributed by atoms with van der Waals surface area (Å²) in [6, 6.07) is 0.240. The van der Waals surface area contributed by atoms with Crippen LogP contribution in [0.15, 0.2) is 12.7 Å². The molecule has 1 rings (SSSR count). The fraction of sp³-hybridized carbons (Fsp3) is 0.667. The number of carbonyl (C=O) groups excluding carboxylic acids is 1. The first-order valence-corrected chi connectivity index (χ1v) is 4.30. The molecule has 3 nitrogen and oxygen atoms in total. The molecular weight excluding hydrogens is 154 g/mol. The Morgan fingerprint density at radius 2 is 2.58 bits per heavy atom. The lowest BCUT2D eigenvalue weighted by Gasteiger charge is -2.34. The minimum absolute atomic E-state index is 0.0187. The molecule has 0 spiro atoms. The molecule has 1 heterocycles. The van der Waals surface area contributed by atoms with Crippen molar-refractivity contribution in [2.45, 2.75) is 19.4 Å². The van der Waals surface area contributed by atoms with E-state index in [1.807, 2.05) is 4.90 Å². The van der Waals surface area contributed by atoms with Gasteiger partial charge in [-0.1, -0.05) is 13.5 Å². The van der Waals surface area contributed by atoms with Crippen molar-refractivity contribution >= 4 is 5.91 Å². The van der Waals surface area contributed by atoms with Gasteiger partial charge in [0.05, 0.1) is 19.3 Å². The lowest BCUT2D eigenvalue weighted by atomic mass is 10.2. The number of hydrogen-bond acceptors (Lipinski definition) is 2. The minimum Gasteiger partial charge on any atom is -0.377 e. The van der Waals surface area contributed by atoms with E-state index in [1.165, 1.54) is 6.08 Å². The van der Waals surface area contributed by atoms with Crippen LogP contribution in [-0.2, 0) is 9.53 Å². The molecule has 0 saturated carbocycles. The highest BCUT2D eigenvalue weighted by Gasteiger charge is 2.23. The Labute approximate surface area is 73.0 Å². The van der Waals surface area contributed by atoms with Crippen LogP contribution in [0.5, 0.6) is 0 Å². The topological polar surface area (TPSA) is 29.5 Å². The molecule has 1 saturated heterocycles. The average molecular weight is 169 g/mol. The third-order valence-corrected chi connectivity index (χ3v) is 2.16. The second-order valence-corrected chi connectivity index (χ2v) is 2.87. The van der Waals surface area contributed by atoms with Gasteiger partial charge in [-0.05, 0) is 12.5 Å². The number of ether oxygens (including phenoxy) is 1. The molecule has 1 aliphatic rings. The molecule has 0 aromatic rings. The van der Waals surface area contributed by atoms with Crippen LogP contribution in [-0.4, -0.2) is 36.6 Å². The van der Waals surface area contributed by atoms with Crippen LogP contribution in [0.4, 0.5) is 0 Å². The van der Waals surface area contributed by atoms with Gasteiger partial charge in [0.15, 0.2) is 0 Å². The molecule has 1 fully saturated rings. The maximum absolute atomic E-state index is 11.3. The van der Waals surface area contributed by atoms with Crippen LogP contribution in [0.25, 0.3) is 0 Å². The van der Waals surface area contributed by atoms with Crippen molar-refractivity contribution in [3.8, 4) is 0 Å². The van der Waals surface area contributed by atoms with Crippen LogP contribution < -0.4 is 0 Å². The fourth-order valence-electron chi connectivity index (χ4n) is 1.40. The number of hydrogen-bond donors (Lipinski definition) is 0. The Bertz CT molecular complexity index is 179. The average Bonchev–Trinajstić information content (AvgIpc) is 2.16. The maximum atomic E-state index is 11.3. The summed E-state index contributed by atoms with van der Waals surface area (Å²) in [4.78, 5) is 13.1. The van der Waals surface area contributed by atoms with Gasteiger partial charge in [-0.2, -0.15) is 0 Å². The quantitative estimate of drug-likeness (QED) is 0.572. The predicted molar refractivity (Wildman–Crippen MR) is 46.8 cm³/mol. The molecule has 0 aliphatic carbocycles. The molecule has 1 amide bonds. The number of rotatable bonds is 2. The zero-order chi connectivity index (χ0) is 8.97. The summed E-state index contributed by atoms with van der Waals surface area (Å²) in [6.07, 6.45) is 2.31. The van der Waals surface area contributed by atoms with E-state index in [0.29, 0.717) is 19.8 Å². The molecule has 12 heavy (non-hydrogen) atoms. The summed E-state index contributed by atoms with van der Waals surface area (Å²) in [6.45, 7) is 7.54. The third-order valence-electron chi connectivity index (χ3n) is 2.16. The van der Waals surface area contributed by atoms with Crippen LogP contribution >= 0.6 is 0 Å². The fourth-order valence-corrected chi connectivity index (χ4v) is 1.40. The standard InChI is InChI=1S/C9H15NO2/c1-3-8-7-12-6-5-10(8)9(11)4-2/h4,8H,2-3,5-7H2,1H3. The summed E-state index contributed by atoms with van der Waals surface area (Å²) in [5.41, 5.74) is 0. The highest BCUT2D eigenvalue weighted by molar-refractivity contribution is 5.87. The Hall–Kier alpha value is -0.830. The number of carbonyl (C=O) groups is 1. The summed E-state index contributed by atoms with van der Waals surface area (Å²) in [5.74, 6) is 0.0187. The number of morpholine rings is 1. The first-order valence-electron chi connectivity index (χ1n) is 4.30. The third kappa shape index (κ3) is 1.85. The number of amides is 1. The lowest BCUT2D eigenvalue weighted by Crippen LogP contribution is -2.47. The van der Waals surface area contributed by atoms with E-state index in [9.17, 15) is 4.79 Å². The molecule has 68 valence electrons. The van der Waals surface area contributed by atoms with E-state index in [0.717, 1.165) is 6.42 Å². The molecule has 1 unspecified atom stereocenters. The highest BCUT2D eigenvalue weighted by atomic mass is 16.5. The van der Waals surface area contributed by atoms with Crippen molar-refractivity contribution in [3.05, 3.63) is 12.7 Å². The Balaban J connectivity index is 2.58. The van der Waals surface area contributed by atoms with Gasteiger partial charge in [-0.3, -0.25) is 4.79 Å². The Morgan fingerprint density at radius 3 is 3.17 bits per heavy atom. The molecule has 0 bridgehead atoms. The SMILES string of the molecule is C=CC(=O)N1CCOCC1CC. The van der Waals surface area contributed by atoms with Gasteiger partial charge in [0.25, 0.3) is 0 Å². The predicted octanol–water partition coefficient (Wildman–Crippen LogP) is 0.810. The summed E-state index contributed by atoms with van der Waals surface area (Å²) in [5, 5.41) is 0. The van der Waals surface area contributed by atoms with Crippen LogP contribution in [0.2, 0.25) is 0 Å². The summed E-state index contributed by atoms with van der Waals surface area (Å²) >= 11 is 0. The highest BCUT2D eigenvalue weighted by Crippen LogP contribution is 2.10. The van der Waals surface area contributed by atoms with Crippen LogP contribution in [0, 0.1) is 0 Å². The molecule has 0 aromatic carbocycles. The van der Waals surface area contributed by atoms with E-state index in [1.54, 1.807) is 0 Å². The summed E-state index contributed by atoms with van der Waals surface area (Å²) in [7, 11) is 0. The second-order valence-electron chi connectivity index (χ2n) is 2.87. The number of nitrogens with zero attached hydrogens (tertiary/aromatic N) is 1. The monoisotopic (exact) mass is 169 g/mol. The molecule has 0 radical (unpaired) electrons. The van der Waals surface area contributed by atoms with E-state index in [2.05, 4.69) is 13.5 Å². The van der Waals surface area contributed by atoms with E-state index < -0.39 is 0 Å². The van der Waals surface area contributed by atoms with Gasteiger partial charge in [0, 0.05) is 6.54 Å². The molecule has 0 aromatic heterocycles. The van der Waals surface area contributed by atoms with Crippen molar-refractivity contribution in [1.82, 2.24) is 4.90 Å². The lowest BCUT2D eigenvalue weighted by molar-refractivity contribution is -0.134. The normalized spacial score (nSPS) is 23.8.